The summed E-state index contributed by atoms with van der Waals surface area (Å²) in [6.45, 7) is 0. The Morgan fingerprint density at radius 3 is 2.19 bits per heavy atom. The van der Waals surface area contributed by atoms with Gasteiger partial charge >= 0.3 is 6.18 Å². The van der Waals surface area contributed by atoms with E-state index >= 15 is 0 Å². The van der Waals surface area contributed by atoms with E-state index < -0.39 is 27.5 Å². The van der Waals surface area contributed by atoms with Crippen molar-refractivity contribution in [1.82, 2.24) is 4.98 Å². The molecule has 9 heteroatoms. The number of sulfone groups is 1. The summed E-state index contributed by atoms with van der Waals surface area (Å²) in [5.74, 6) is -0.403. The van der Waals surface area contributed by atoms with Gasteiger partial charge in [-0.1, -0.05) is 48.6 Å². The number of fused-ring (bicyclic) bond motifs is 1. The van der Waals surface area contributed by atoms with Crippen LogP contribution in [0.15, 0.2) is 108 Å². The number of amides is 1. The first-order valence-electron chi connectivity index (χ1n) is 11.0. The van der Waals surface area contributed by atoms with Crippen molar-refractivity contribution in [2.24, 2.45) is 0 Å². The number of halogens is 3. The van der Waals surface area contributed by atoms with Gasteiger partial charge < -0.3 is 5.32 Å². The number of nitrogens with one attached hydrogen (secondary N) is 1. The second-order valence-electron chi connectivity index (χ2n) is 8.20. The minimum absolute atomic E-state index is 0.114. The van der Waals surface area contributed by atoms with Crippen molar-refractivity contribution in [3.05, 3.63) is 120 Å². The average Bonchev–Trinajstić information content (AvgIpc) is 2.86. The van der Waals surface area contributed by atoms with Gasteiger partial charge in [0.05, 0.1) is 10.5 Å². The first kappa shape index (κ1) is 25.8. The van der Waals surface area contributed by atoms with E-state index in [9.17, 15) is 26.4 Å². The Hall–Kier alpha value is -4.24. The number of hydrogen-bond donors (Lipinski definition) is 1. The molecule has 1 amide bonds. The number of allylic oxidation sites excluding steroid dienone is 2. The molecule has 0 aliphatic rings. The van der Waals surface area contributed by atoms with Gasteiger partial charge in [-0.05, 0) is 53.1 Å². The van der Waals surface area contributed by atoms with Crippen molar-refractivity contribution < 1.29 is 26.4 Å². The van der Waals surface area contributed by atoms with Crippen molar-refractivity contribution in [2.45, 2.75) is 11.1 Å². The monoisotopic (exact) mass is 522 g/mol. The van der Waals surface area contributed by atoms with Crippen molar-refractivity contribution >= 4 is 37.8 Å². The lowest BCUT2D eigenvalue weighted by Crippen LogP contribution is -2.08. The maximum absolute atomic E-state index is 13.0. The molecule has 4 aromatic rings. The second kappa shape index (κ2) is 10.4. The van der Waals surface area contributed by atoms with E-state index in [-0.39, 0.29) is 4.90 Å². The number of rotatable bonds is 6. The van der Waals surface area contributed by atoms with Gasteiger partial charge in [0.2, 0.25) is 5.91 Å². The van der Waals surface area contributed by atoms with E-state index in [0.29, 0.717) is 22.4 Å². The largest absolute Gasteiger partial charge is 0.416 e. The summed E-state index contributed by atoms with van der Waals surface area (Å²) in [5, 5.41) is 4.50. The maximum atomic E-state index is 13.0. The van der Waals surface area contributed by atoms with Crippen molar-refractivity contribution in [3.8, 4) is 0 Å². The molecular weight excluding hydrogens is 501 g/mol. The van der Waals surface area contributed by atoms with E-state index in [1.54, 1.807) is 48.8 Å². The SMILES string of the molecule is CS(=O)(=O)c1ccc(/C(=C/C=C/C(=O)Nc2cccc3cnccc23)c2ccc(C(F)(F)F)cc2)cc1. The van der Waals surface area contributed by atoms with Crippen molar-refractivity contribution in [2.75, 3.05) is 11.6 Å². The Bertz CT molecular complexity index is 1600. The third-order valence-corrected chi connectivity index (χ3v) is 6.69. The van der Waals surface area contributed by atoms with Crippen LogP contribution < -0.4 is 5.32 Å². The molecule has 0 atom stereocenters. The third kappa shape index (κ3) is 6.31. The number of aromatic nitrogens is 1. The highest BCUT2D eigenvalue weighted by atomic mass is 32.2. The van der Waals surface area contributed by atoms with Gasteiger partial charge in [0, 0.05) is 41.2 Å². The van der Waals surface area contributed by atoms with Crippen LogP contribution >= 0.6 is 0 Å². The minimum atomic E-state index is -4.48. The highest BCUT2D eigenvalue weighted by Gasteiger charge is 2.30. The van der Waals surface area contributed by atoms with Crippen LogP contribution in [0, 0.1) is 0 Å². The fourth-order valence-corrected chi connectivity index (χ4v) is 4.35. The predicted molar refractivity (Wildman–Crippen MR) is 138 cm³/mol. The zero-order chi connectivity index (χ0) is 26.6. The Labute approximate surface area is 211 Å². The molecule has 0 spiro atoms. The molecule has 5 nitrogen and oxygen atoms in total. The summed E-state index contributed by atoms with van der Waals surface area (Å²) in [6.07, 6.45) is 4.30. The molecule has 37 heavy (non-hydrogen) atoms. The molecule has 1 aromatic heterocycles. The third-order valence-electron chi connectivity index (χ3n) is 5.57. The maximum Gasteiger partial charge on any atom is 0.416 e. The van der Waals surface area contributed by atoms with Crippen LogP contribution in [0.25, 0.3) is 16.3 Å². The topological polar surface area (TPSA) is 76.1 Å². The molecule has 0 unspecified atom stereocenters. The zero-order valence-electron chi connectivity index (χ0n) is 19.5. The lowest BCUT2D eigenvalue weighted by molar-refractivity contribution is -0.137. The fraction of sp³-hybridized carbons (Fsp3) is 0.0714. The smallest absolute Gasteiger partial charge is 0.322 e. The highest BCUT2D eigenvalue weighted by molar-refractivity contribution is 7.90. The number of carbonyl (C=O) groups is 1. The Balaban J connectivity index is 1.65. The molecule has 1 N–H and O–H groups in total. The van der Waals surface area contributed by atoms with Crippen LogP contribution in [-0.4, -0.2) is 25.6 Å². The fourth-order valence-electron chi connectivity index (χ4n) is 3.72. The van der Waals surface area contributed by atoms with Gasteiger partial charge in [-0.2, -0.15) is 13.2 Å². The molecule has 0 bridgehead atoms. The summed E-state index contributed by atoms with van der Waals surface area (Å²) in [5.41, 5.74) is 1.36. The molecule has 4 rings (SSSR count). The summed E-state index contributed by atoms with van der Waals surface area (Å²) >= 11 is 0. The predicted octanol–water partition coefficient (Wildman–Crippen LogP) is 6.28. The number of carbonyl (C=O) groups excluding carboxylic acids is 1. The van der Waals surface area contributed by atoms with Crippen molar-refractivity contribution in [3.63, 3.8) is 0 Å². The number of pyridine rings is 1. The molecule has 188 valence electrons. The Morgan fingerprint density at radius 1 is 0.919 bits per heavy atom. The Kier molecular flexibility index (Phi) is 7.26. The average molecular weight is 523 g/mol. The molecule has 0 fully saturated rings. The summed E-state index contributed by atoms with van der Waals surface area (Å²) < 4.78 is 62.7. The number of benzene rings is 3. The van der Waals surface area contributed by atoms with Crippen LogP contribution in [0.3, 0.4) is 0 Å². The van der Waals surface area contributed by atoms with E-state index in [1.165, 1.54) is 36.4 Å². The lowest BCUT2D eigenvalue weighted by atomic mass is 9.96. The molecule has 0 aliphatic heterocycles. The molecular formula is C28H21F3N2O3S. The summed E-state index contributed by atoms with van der Waals surface area (Å²) in [7, 11) is -3.42. The summed E-state index contributed by atoms with van der Waals surface area (Å²) in [6, 6.07) is 17.8. The molecule has 0 saturated carbocycles. The van der Waals surface area contributed by atoms with E-state index in [4.69, 9.17) is 0 Å². The molecule has 3 aromatic carbocycles. The Morgan fingerprint density at radius 2 is 1.57 bits per heavy atom. The quantitative estimate of drug-likeness (QED) is 0.239. The van der Waals surface area contributed by atoms with Crippen LogP contribution in [0.2, 0.25) is 0 Å². The normalized spacial score (nSPS) is 12.7. The van der Waals surface area contributed by atoms with Gasteiger partial charge in [0.25, 0.3) is 0 Å². The van der Waals surface area contributed by atoms with Gasteiger partial charge in [0.1, 0.15) is 0 Å². The van der Waals surface area contributed by atoms with Gasteiger partial charge in [-0.15, -0.1) is 0 Å². The number of alkyl halides is 3. The van der Waals surface area contributed by atoms with Gasteiger partial charge in [-0.25, -0.2) is 8.42 Å². The lowest BCUT2D eigenvalue weighted by Gasteiger charge is -2.11. The molecule has 0 radical (unpaired) electrons. The standard InChI is InChI=1S/C28H21F3N2O3S/c1-37(35,36)23-14-10-20(11-15-23)24(19-8-12-22(13-9-19)28(29,30)31)5-3-7-27(34)33-26-6-2-4-21-18-32-17-16-25(21)26/h2-18H,1H3,(H,33,34)/b7-3+,24-5+. The first-order chi connectivity index (χ1) is 17.5. The van der Waals surface area contributed by atoms with E-state index in [0.717, 1.165) is 29.2 Å². The van der Waals surface area contributed by atoms with Gasteiger partial charge in [0.15, 0.2) is 9.84 Å². The van der Waals surface area contributed by atoms with Crippen LogP contribution in [-0.2, 0) is 20.8 Å². The van der Waals surface area contributed by atoms with Gasteiger partial charge in [-0.3, -0.25) is 9.78 Å². The van der Waals surface area contributed by atoms with Crippen LogP contribution in [0.1, 0.15) is 16.7 Å². The van der Waals surface area contributed by atoms with E-state index in [1.807, 2.05) is 6.07 Å². The number of nitrogens with zero attached hydrogens (tertiary/aromatic N) is 1. The summed E-state index contributed by atoms with van der Waals surface area (Å²) in [4.78, 5) is 16.8. The second-order valence-corrected chi connectivity index (χ2v) is 10.2. The van der Waals surface area contributed by atoms with Crippen molar-refractivity contribution in [1.29, 1.82) is 0 Å². The molecule has 0 aliphatic carbocycles. The first-order valence-corrected chi connectivity index (χ1v) is 12.9. The molecule has 1 heterocycles. The number of anilines is 1. The van der Waals surface area contributed by atoms with E-state index in [2.05, 4.69) is 10.3 Å². The van der Waals surface area contributed by atoms with Crippen LogP contribution in [0.4, 0.5) is 18.9 Å². The van der Waals surface area contributed by atoms with Crippen LogP contribution in [0.5, 0.6) is 0 Å². The molecule has 0 saturated heterocycles. The number of hydrogen-bond acceptors (Lipinski definition) is 4. The zero-order valence-corrected chi connectivity index (χ0v) is 20.3. The minimum Gasteiger partial charge on any atom is -0.322 e. The highest BCUT2D eigenvalue weighted by Crippen LogP contribution is 2.32.